The van der Waals surface area contributed by atoms with Gasteiger partial charge in [0.05, 0.1) is 23.4 Å². The number of nitrogens with zero attached hydrogens (tertiary/aromatic N) is 3. The van der Waals surface area contributed by atoms with Crippen LogP contribution >= 0.6 is 0 Å². The van der Waals surface area contributed by atoms with E-state index in [1.54, 1.807) is 17.9 Å². The lowest BCUT2D eigenvalue weighted by Crippen LogP contribution is -2.48. The zero-order chi connectivity index (χ0) is 13.2. The van der Waals surface area contributed by atoms with Gasteiger partial charge in [-0.1, -0.05) is 0 Å². The number of carbonyl (C=O) groups excluding carboxylic acids is 1. The second-order valence-corrected chi connectivity index (χ2v) is 4.83. The first kappa shape index (κ1) is 12.5. The van der Waals surface area contributed by atoms with E-state index in [1.807, 2.05) is 0 Å². The molecule has 1 atom stereocenters. The van der Waals surface area contributed by atoms with Gasteiger partial charge >= 0.3 is 5.97 Å². The first-order valence-corrected chi connectivity index (χ1v) is 5.82. The van der Waals surface area contributed by atoms with E-state index in [1.165, 1.54) is 12.4 Å². The molecule has 0 bridgehead atoms. The maximum atomic E-state index is 12.2. The summed E-state index contributed by atoms with van der Waals surface area (Å²) in [6.07, 6.45) is 4.15. The van der Waals surface area contributed by atoms with Gasteiger partial charge in [-0.05, 0) is 25.8 Å². The second kappa shape index (κ2) is 4.72. The van der Waals surface area contributed by atoms with Gasteiger partial charge in [0.2, 0.25) is 0 Å². The van der Waals surface area contributed by atoms with Gasteiger partial charge in [0.15, 0.2) is 0 Å². The average molecular weight is 249 g/mol. The molecule has 2 rings (SSSR count). The maximum absolute atomic E-state index is 12.2. The molecule has 1 saturated heterocycles. The van der Waals surface area contributed by atoms with Crippen molar-refractivity contribution in [1.82, 2.24) is 15.1 Å². The number of carboxylic acid groups (broad SMARTS) is 1. The van der Waals surface area contributed by atoms with E-state index in [0.29, 0.717) is 24.9 Å². The molecule has 6 heteroatoms. The van der Waals surface area contributed by atoms with Gasteiger partial charge in [-0.3, -0.25) is 9.59 Å². The van der Waals surface area contributed by atoms with Crippen LogP contribution in [0, 0.1) is 5.41 Å². The summed E-state index contributed by atoms with van der Waals surface area (Å²) in [6, 6.07) is 1.59. The van der Waals surface area contributed by atoms with E-state index in [9.17, 15) is 14.7 Å². The third-order valence-corrected chi connectivity index (χ3v) is 3.33. The molecular formula is C12H15N3O3. The van der Waals surface area contributed by atoms with Crippen molar-refractivity contribution >= 4 is 11.9 Å². The number of piperidine rings is 1. The monoisotopic (exact) mass is 249 g/mol. The molecular weight excluding hydrogens is 234 g/mol. The zero-order valence-corrected chi connectivity index (χ0v) is 10.2. The van der Waals surface area contributed by atoms with Gasteiger partial charge in [-0.2, -0.15) is 10.2 Å². The largest absolute Gasteiger partial charge is 0.481 e. The van der Waals surface area contributed by atoms with Crippen LogP contribution in [0.15, 0.2) is 18.5 Å². The smallest absolute Gasteiger partial charge is 0.311 e. The average Bonchev–Trinajstić information content (AvgIpc) is 2.39. The maximum Gasteiger partial charge on any atom is 0.311 e. The molecule has 1 amide bonds. The summed E-state index contributed by atoms with van der Waals surface area (Å²) in [6.45, 7) is 2.51. The van der Waals surface area contributed by atoms with Crippen molar-refractivity contribution in [2.24, 2.45) is 5.41 Å². The van der Waals surface area contributed by atoms with E-state index in [-0.39, 0.29) is 12.5 Å². The molecule has 0 aromatic carbocycles. The fourth-order valence-electron chi connectivity index (χ4n) is 2.19. The van der Waals surface area contributed by atoms with Crippen LogP contribution in [0.4, 0.5) is 0 Å². The lowest BCUT2D eigenvalue weighted by Gasteiger charge is -2.37. The van der Waals surface area contributed by atoms with Crippen molar-refractivity contribution < 1.29 is 14.7 Å². The van der Waals surface area contributed by atoms with Crippen LogP contribution in [0.5, 0.6) is 0 Å². The van der Waals surface area contributed by atoms with E-state index >= 15 is 0 Å². The molecule has 6 nitrogen and oxygen atoms in total. The Kier molecular flexibility index (Phi) is 3.27. The predicted molar refractivity (Wildman–Crippen MR) is 62.9 cm³/mol. The van der Waals surface area contributed by atoms with Crippen LogP contribution in [0.25, 0.3) is 0 Å². The zero-order valence-electron chi connectivity index (χ0n) is 10.2. The minimum absolute atomic E-state index is 0.183. The molecule has 1 aliphatic heterocycles. The third-order valence-electron chi connectivity index (χ3n) is 3.33. The molecule has 1 aliphatic rings. The number of carboxylic acids is 1. The van der Waals surface area contributed by atoms with Crippen LogP contribution in [-0.4, -0.2) is 45.2 Å². The fraction of sp³-hybridized carbons (Fsp3) is 0.500. The number of hydrogen-bond acceptors (Lipinski definition) is 4. The summed E-state index contributed by atoms with van der Waals surface area (Å²) in [7, 11) is 0. The van der Waals surface area contributed by atoms with Crippen LogP contribution in [0.1, 0.15) is 30.1 Å². The highest BCUT2D eigenvalue weighted by atomic mass is 16.4. The topological polar surface area (TPSA) is 83.4 Å². The Labute approximate surface area is 105 Å². The summed E-state index contributed by atoms with van der Waals surface area (Å²) in [4.78, 5) is 25.0. The number of amides is 1. The van der Waals surface area contributed by atoms with Crippen molar-refractivity contribution in [3.05, 3.63) is 24.0 Å². The molecule has 1 N–H and O–H groups in total. The van der Waals surface area contributed by atoms with Crippen LogP contribution in [0.3, 0.4) is 0 Å². The Morgan fingerprint density at radius 1 is 1.44 bits per heavy atom. The summed E-state index contributed by atoms with van der Waals surface area (Å²) in [5.74, 6) is -1.04. The Hall–Kier alpha value is -1.98. The van der Waals surface area contributed by atoms with Crippen LogP contribution in [0.2, 0.25) is 0 Å². The van der Waals surface area contributed by atoms with E-state index < -0.39 is 11.4 Å². The van der Waals surface area contributed by atoms with Crippen molar-refractivity contribution in [2.45, 2.75) is 19.8 Å². The number of likely N-dealkylation sites (tertiary alicyclic amines) is 1. The quantitative estimate of drug-likeness (QED) is 0.838. The minimum Gasteiger partial charge on any atom is -0.481 e. The van der Waals surface area contributed by atoms with Gasteiger partial charge in [0.1, 0.15) is 0 Å². The van der Waals surface area contributed by atoms with E-state index in [0.717, 1.165) is 0 Å². The highest BCUT2D eigenvalue weighted by molar-refractivity contribution is 5.94. The minimum atomic E-state index is -0.854. The highest BCUT2D eigenvalue weighted by Crippen LogP contribution is 2.30. The molecule has 18 heavy (non-hydrogen) atoms. The predicted octanol–water partition coefficient (Wildman–Crippen LogP) is 0.803. The molecule has 1 unspecified atom stereocenters. The number of aromatic nitrogens is 2. The van der Waals surface area contributed by atoms with Crippen molar-refractivity contribution in [3.8, 4) is 0 Å². The van der Waals surface area contributed by atoms with Crippen molar-refractivity contribution in [3.63, 3.8) is 0 Å². The second-order valence-electron chi connectivity index (χ2n) is 4.83. The van der Waals surface area contributed by atoms with Crippen LogP contribution in [-0.2, 0) is 4.79 Å². The Morgan fingerprint density at radius 3 is 2.83 bits per heavy atom. The molecule has 1 aromatic heterocycles. The lowest BCUT2D eigenvalue weighted by atomic mass is 9.82. The SMILES string of the molecule is CC1(C(=O)O)CCCN(C(=O)c2ccnnc2)C1. The standard InChI is InChI=1S/C12H15N3O3/c1-12(11(17)18)4-2-6-15(8-12)10(16)9-3-5-13-14-7-9/h3,5,7H,2,4,6,8H2,1H3,(H,17,18). The molecule has 0 radical (unpaired) electrons. The Bertz CT molecular complexity index is 463. The highest BCUT2D eigenvalue weighted by Gasteiger charge is 2.39. The van der Waals surface area contributed by atoms with Gasteiger partial charge in [0.25, 0.3) is 5.91 Å². The molecule has 0 spiro atoms. The number of rotatable bonds is 2. The molecule has 0 aliphatic carbocycles. The summed E-state index contributed by atoms with van der Waals surface area (Å²) >= 11 is 0. The summed E-state index contributed by atoms with van der Waals surface area (Å²) < 4.78 is 0. The fourth-order valence-corrected chi connectivity index (χ4v) is 2.19. The number of aliphatic carboxylic acids is 1. The molecule has 1 aromatic rings. The van der Waals surface area contributed by atoms with Crippen LogP contribution < -0.4 is 0 Å². The van der Waals surface area contributed by atoms with Gasteiger partial charge in [-0.25, -0.2) is 0 Å². The van der Waals surface area contributed by atoms with Gasteiger partial charge in [-0.15, -0.1) is 0 Å². The molecule has 0 saturated carbocycles. The summed E-state index contributed by atoms with van der Waals surface area (Å²) in [5, 5.41) is 16.5. The molecule has 96 valence electrons. The number of hydrogen-bond donors (Lipinski definition) is 1. The van der Waals surface area contributed by atoms with E-state index in [4.69, 9.17) is 0 Å². The molecule has 2 heterocycles. The first-order valence-electron chi connectivity index (χ1n) is 5.82. The Balaban J connectivity index is 2.15. The van der Waals surface area contributed by atoms with E-state index in [2.05, 4.69) is 10.2 Å². The van der Waals surface area contributed by atoms with Gasteiger partial charge in [0, 0.05) is 13.1 Å². The third kappa shape index (κ3) is 2.32. The van der Waals surface area contributed by atoms with Crippen molar-refractivity contribution in [1.29, 1.82) is 0 Å². The van der Waals surface area contributed by atoms with Gasteiger partial charge < -0.3 is 10.0 Å². The Morgan fingerprint density at radius 2 is 2.22 bits per heavy atom. The normalized spacial score (nSPS) is 23.7. The summed E-state index contributed by atoms with van der Waals surface area (Å²) in [5.41, 5.74) is -0.409. The first-order chi connectivity index (χ1) is 8.53. The molecule has 1 fully saturated rings. The number of carbonyl (C=O) groups is 2. The van der Waals surface area contributed by atoms with Crippen molar-refractivity contribution in [2.75, 3.05) is 13.1 Å². The lowest BCUT2D eigenvalue weighted by molar-refractivity contribution is -0.150.